The summed E-state index contributed by atoms with van der Waals surface area (Å²) < 4.78 is 24.2. The number of hydrogen-bond acceptors (Lipinski definition) is 5. The van der Waals surface area contributed by atoms with Gasteiger partial charge in [-0.25, -0.2) is 9.18 Å². The van der Waals surface area contributed by atoms with Gasteiger partial charge in [0.25, 0.3) is 0 Å². The molecule has 1 aromatic heterocycles. The predicted octanol–water partition coefficient (Wildman–Crippen LogP) is 4.69. The summed E-state index contributed by atoms with van der Waals surface area (Å²) in [6.07, 6.45) is 1.68. The Bertz CT molecular complexity index is 1010. The number of rotatable bonds is 5. The molecule has 1 unspecified atom stereocenters. The van der Waals surface area contributed by atoms with Crippen molar-refractivity contribution in [3.63, 3.8) is 0 Å². The molecule has 1 saturated heterocycles. The van der Waals surface area contributed by atoms with Gasteiger partial charge in [-0.1, -0.05) is 17.3 Å². The van der Waals surface area contributed by atoms with Gasteiger partial charge in [0.2, 0.25) is 11.7 Å². The average molecular weight is 410 g/mol. The zero-order valence-electron chi connectivity index (χ0n) is 16.7. The number of piperidine rings is 1. The van der Waals surface area contributed by atoms with Gasteiger partial charge in [-0.3, -0.25) is 0 Å². The maximum Gasteiger partial charge on any atom is 0.321 e. The van der Waals surface area contributed by atoms with Crippen molar-refractivity contribution in [1.29, 1.82) is 0 Å². The van der Waals surface area contributed by atoms with Crippen LogP contribution in [0, 0.1) is 5.82 Å². The smallest absolute Gasteiger partial charge is 0.321 e. The summed E-state index contributed by atoms with van der Waals surface area (Å²) in [5.74, 6) is 1.18. The topological polar surface area (TPSA) is 80.5 Å². The summed E-state index contributed by atoms with van der Waals surface area (Å²) in [6, 6.07) is 13.1. The van der Waals surface area contributed by atoms with Gasteiger partial charge in [-0.05, 0) is 56.2 Å². The quantitative estimate of drug-likeness (QED) is 0.660. The van der Waals surface area contributed by atoms with E-state index in [2.05, 4.69) is 15.5 Å². The Balaban J connectivity index is 1.43. The van der Waals surface area contributed by atoms with Crippen LogP contribution in [0.15, 0.2) is 53.1 Å². The van der Waals surface area contributed by atoms with E-state index in [1.807, 2.05) is 31.2 Å². The Morgan fingerprint density at radius 2 is 2.07 bits per heavy atom. The normalized spacial score (nSPS) is 16.3. The van der Waals surface area contributed by atoms with Crippen molar-refractivity contribution < 1.29 is 18.4 Å². The van der Waals surface area contributed by atoms with Crippen LogP contribution in [0.2, 0.25) is 0 Å². The number of likely N-dealkylation sites (tertiary alicyclic amines) is 1. The number of para-hydroxylation sites is 2. The molecule has 1 aliphatic heterocycles. The molecule has 2 heterocycles. The van der Waals surface area contributed by atoms with Crippen LogP contribution in [-0.2, 0) is 0 Å². The number of nitrogens with one attached hydrogen (secondary N) is 1. The Morgan fingerprint density at radius 3 is 2.87 bits per heavy atom. The number of carbonyl (C=O) groups is 1. The van der Waals surface area contributed by atoms with E-state index in [1.54, 1.807) is 17.0 Å². The van der Waals surface area contributed by atoms with Crippen LogP contribution >= 0.6 is 0 Å². The van der Waals surface area contributed by atoms with Gasteiger partial charge in [0.05, 0.1) is 18.2 Å². The molecule has 0 bridgehead atoms. The second-order valence-corrected chi connectivity index (χ2v) is 7.11. The Hall–Kier alpha value is -3.42. The van der Waals surface area contributed by atoms with Crippen molar-refractivity contribution in [1.82, 2.24) is 15.0 Å². The van der Waals surface area contributed by atoms with E-state index in [0.717, 1.165) is 12.8 Å². The molecule has 0 spiro atoms. The lowest BCUT2D eigenvalue weighted by atomic mass is 9.98. The minimum Gasteiger partial charge on any atom is -0.492 e. The van der Waals surface area contributed by atoms with Gasteiger partial charge in [-0.15, -0.1) is 0 Å². The molecule has 1 fully saturated rings. The van der Waals surface area contributed by atoms with Crippen molar-refractivity contribution >= 4 is 11.7 Å². The summed E-state index contributed by atoms with van der Waals surface area (Å²) in [5, 5.41) is 6.95. The fourth-order valence-corrected chi connectivity index (χ4v) is 3.53. The van der Waals surface area contributed by atoms with Crippen molar-refractivity contribution in [3.8, 4) is 17.1 Å². The van der Waals surface area contributed by atoms with Gasteiger partial charge < -0.3 is 19.5 Å². The van der Waals surface area contributed by atoms with Crippen LogP contribution in [0.4, 0.5) is 14.9 Å². The molecule has 0 aliphatic carbocycles. The zero-order chi connectivity index (χ0) is 20.9. The standard InChI is InChI=1S/C22H23FN4O3/c1-2-29-19-8-4-3-7-18(19)24-22(28)27-13-5-6-16(14-27)21-25-20(26-30-21)15-9-11-17(23)12-10-15/h3-4,7-12,16H,2,5-6,13-14H2,1H3,(H,24,28). The molecule has 0 radical (unpaired) electrons. The molecular weight excluding hydrogens is 387 g/mol. The van der Waals surface area contributed by atoms with Gasteiger partial charge >= 0.3 is 6.03 Å². The van der Waals surface area contributed by atoms with Crippen molar-refractivity contribution in [2.24, 2.45) is 0 Å². The van der Waals surface area contributed by atoms with Gasteiger partial charge in [-0.2, -0.15) is 4.98 Å². The molecule has 1 N–H and O–H groups in total. The molecule has 8 heteroatoms. The molecule has 3 aromatic rings. The third kappa shape index (κ3) is 4.42. The van der Waals surface area contributed by atoms with E-state index in [0.29, 0.717) is 48.4 Å². The van der Waals surface area contributed by atoms with E-state index in [9.17, 15) is 9.18 Å². The zero-order valence-corrected chi connectivity index (χ0v) is 16.7. The number of anilines is 1. The van der Waals surface area contributed by atoms with Crippen LogP contribution in [0.25, 0.3) is 11.4 Å². The molecule has 1 aliphatic rings. The number of urea groups is 1. The van der Waals surface area contributed by atoms with Gasteiger partial charge in [0.15, 0.2) is 0 Å². The van der Waals surface area contributed by atoms with Crippen LogP contribution in [0.1, 0.15) is 31.6 Å². The summed E-state index contributed by atoms with van der Waals surface area (Å²) in [6.45, 7) is 3.55. The highest BCUT2D eigenvalue weighted by Crippen LogP contribution is 2.29. The van der Waals surface area contributed by atoms with Crippen molar-refractivity contribution in [2.75, 3.05) is 25.0 Å². The number of benzene rings is 2. The van der Waals surface area contributed by atoms with E-state index < -0.39 is 0 Å². The molecule has 0 saturated carbocycles. The fraction of sp³-hybridized carbons (Fsp3) is 0.318. The SMILES string of the molecule is CCOc1ccccc1NC(=O)N1CCCC(c2nc(-c3ccc(F)cc3)no2)C1. The van der Waals surface area contributed by atoms with Crippen molar-refractivity contribution in [3.05, 3.63) is 60.2 Å². The second-order valence-electron chi connectivity index (χ2n) is 7.11. The largest absolute Gasteiger partial charge is 0.492 e. The summed E-state index contributed by atoms with van der Waals surface area (Å²) in [5.41, 5.74) is 1.33. The first kappa shape index (κ1) is 19.9. The molecule has 156 valence electrons. The highest BCUT2D eigenvalue weighted by atomic mass is 19.1. The second kappa shape index (κ2) is 8.94. The van der Waals surface area contributed by atoms with Crippen molar-refractivity contribution in [2.45, 2.75) is 25.7 Å². The molecule has 2 aromatic carbocycles. The van der Waals surface area contributed by atoms with Crippen LogP contribution in [0.3, 0.4) is 0 Å². The summed E-state index contributed by atoms with van der Waals surface area (Å²) in [4.78, 5) is 19.0. The third-order valence-electron chi connectivity index (χ3n) is 5.03. The first-order chi connectivity index (χ1) is 14.6. The first-order valence-electron chi connectivity index (χ1n) is 10.0. The maximum atomic E-state index is 13.1. The average Bonchev–Trinajstić information content (AvgIpc) is 3.26. The Kier molecular flexibility index (Phi) is 5.92. The Labute approximate surface area is 173 Å². The van der Waals surface area contributed by atoms with E-state index in [1.165, 1.54) is 12.1 Å². The maximum absolute atomic E-state index is 13.1. The molecule has 30 heavy (non-hydrogen) atoms. The van der Waals surface area contributed by atoms with E-state index >= 15 is 0 Å². The van der Waals surface area contributed by atoms with E-state index in [4.69, 9.17) is 9.26 Å². The Morgan fingerprint density at radius 1 is 1.27 bits per heavy atom. The lowest BCUT2D eigenvalue weighted by molar-refractivity contribution is 0.184. The number of halogens is 1. The van der Waals surface area contributed by atoms with Gasteiger partial charge in [0, 0.05) is 18.7 Å². The molecule has 7 nitrogen and oxygen atoms in total. The van der Waals surface area contributed by atoms with Crippen LogP contribution < -0.4 is 10.1 Å². The van der Waals surface area contributed by atoms with E-state index in [-0.39, 0.29) is 17.8 Å². The van der Waals surface area contributed by atoms with Gasteiger partial charge in [0.1, 0.15) is 11.6 Å². The highest BCUT2D eigenvalue weighted by molar-refractivity contribution is 5.91. The molecule has 4 rings (SSSR count). The first-order valence-corrected chi connectivity index (χ1v) is 10.0. The molecule has 2 amide bonds. The van der Waals surface area contributed by atoms with Crippen LogP contribution in [0.5, 0.6) is 5.75 Å². The molecular formula is C22H23FN4O3. The number of hydrogen-bond donors (Lipinski definition) is 1. The lowest BCUT2D eigenvalue weighted by Gasteiger charge is -2.31. The molecule has 1 atom stereocenters. The van der Waals surface area contributed by atoms with Crippen LogP contribution in [-0.4, -0.2) is 40.8 Å². The number of ether oxygens (including phenoxy) is 1. The number of aromatic nitrogens is 2. The number of nitrogens with zero attached hydrogens (tertiary/aromatic N) is 3. The predicted molar refractivity (Wildman–Crippen MR) is 110 cm³/mol. The number of carbonyl (C=O) groups excluding carboxylic acids is 1. The highest BCUT2D eigenvalue weighted by Gasteiger charge is 2.29. The third-order valence-corrected chi connectivity index (χ3v) is 5.03. The lowest BCUT2D eigenvalue weighted by Crippen LogP contribution is -2.41. The fourth-order valence-electron chi connectivity index (χ4n) is 3.53. The number of amides is 2. The minimum absolute atomic E-state index is 0.0478. The minimum atomic E-state index is -0.317. The summed E-state index contributed by atoms with van der Waals surface area (Å²) >= 11 is 0. The monoisotopic (exact) mass is 410 g/mol. The summed E-state index contributed by atoms with van der Waals surface area (Å²) in [7, 11) is 0.